The van der Waals surface area contributed by atoms with Crippen molar-refractivity contribution in [2.24, 2.45) is 0 Å². The van der Waals surface area contributed by atoms with E-state index in [0.717, 1.165) is 31.1 Å². The van der Waals surface area contributed by atoms with E-state index in [1.807, 2.05) is 7.05 Å². The Labute approximate surface area is 104 Å². The van der Waals surface area contributed by atoms with Gasteiger partial charge in [0.05, 0.1) is 5.69 Å². The van der Waals surface area contributed by atoms with E-state index in [9.17, 15) is 0 Å². The van der Waals surface area contributed by atoms with Crippen LogP contribution in [0.1, 0.15) is 12.1 Å². The lowest BCUT2D eigenvalue weighted by Crippen LogP contribution is -2.31. The predicted octanol–water partition coefficient (Wildman–Crippen LogP) is 0.941. The fraction of sp³-hybridized carbons (Fsp3) is 0.615. The van der Waals surface area contributed by atoms with E-state index >= 15 is 0 Å². The zero-order chi connectivity index (χ0) is 12.3. The lowest BCUT2D eigenvalue weighted by molar-refractivity contribution is 0.315. The van der Waals surface area contributed by atoms with Gasteiger partial charge in [0.1, 0.15) is 5.82 Å². The van der Waals surface area contributed by atoms with Crippen LogP contribution >= 0.6 is 0 Å². The Morgan fingerprint density at radius 2 is 2.29 bits per heavy atom. The number of nitrogens with zero attached hydrogens (tertiary/aromatic N) is 3. The summed E-state index contributed by atoms with van der Waals surface area (Å²) in [5.74, 6) is 1.11. The third kappa shape index (κ3) is 2.96. The number of hydrogen-bond acceptors (Lipinski definition) is 4. The second-order valence-electron chi connectivity index (χ2n) is 4.87. The summed E-state index contributed by atoms with van der Waals surface area (Å²) in [6.45, 7) is 3.03. The SMILES string of the molecule is CNCc1cccc(N2CCC(N(C)C)C2)n1. The third-order valence-electron chi connectivity index (χ3n) is 3.37. The van der Waals surface area contributed by atoms with Crippen LogP contribution in [0.25, 0.3) is 0 Å². The molecule has 1 aliphatic rings. The van der Waals surface area contributed by atoms with Crippen molar-refractivity contribution in [3.63, 3.8) is 0 Å². The van der Waals surface area contributed by atoms with Crippen LogP contribution in [-0.2, 0) is 6.54 Å². The van der Waals surface area contributed by atoms with Crippen LogP contribution in [0.4, 0.5) is 5.82 Å². The van der Waals surface area contributed by atoms with E-state index in [4.69, 9.17) is 0 Å². The Balaban J connectivity index is 2.05. The zero-order valence-electron chi connectivity index (χ0n) is 11.0. The molecule has 1 fully saturated rings. The van der Waals surface area contributed by atoms with E-state index in [-0.39, 0.29) is 0 Å². The van der Waals surface area contributed by atoms with Crippen molar-refractivity contribution in [1.29, 1.82) is 0 Å². The van der Waals surface area contributed by atoms with Crippen LogP contribution in [0.2, 0.25) is 0 Å². The summed E-state index contributed by atoms with van der Waals surface area (Å²) in [6.07, 6.45) is 1.23. The first-order chi connectivity index (χ1) is 8.20. The van der Waals surface area contributed by atoms with Gasteiger partial charge in [-0.25, -0.2) is 4.98 Å². The van der Waals surface area contributed by atoms with Crippen molar-refractivity contribution in [3.05, 3.63) is 23.9 Å². The van der Waals surface area contributed by atoms with E-state index in [2.05, 4.69) is 52.4 Å². The molecule has 17 heavy (non-hydrogen) atoms. The number of pyridine rings is 1. The second kappa shape index (κ2) is 5.47. The molecular formula is C13H22N4. The van der Waals surface area contributed by atoms with E-state index in [1.54, 1.807) is 0 Å². The molecule has 1 aromatic heterocycles. The first-order valence-corrected chi connectivity index (χ1v) is 6.22. The van der Waals surface area contributed by atoms with Crippen molar-refractivity contribution >= 4 is 5.82 Å². The average molecular weight is 234 g/mol. The van der Waals surface area contributed by atoms with Gasteiger partial charge in [-0.05, 0) is 39.7 Å². The summed E-state index contributed by atoms with van der Waals surface area (Å²) in [5.41, 5.74) is 1.11. The van der Waals surface area contributed by atoms with Gasteiger partial charge in [0.25, 0.3) is 0 Å². The van der Waals surface area contributed by atoms with Gasteiger partial charge in [0, 0.05) is 25.7 Å². The first-order valence-electron chi connectivity index (χ1n) is 6.22. The smallest absolute Gasteiger partial charge is 0.128 e. The van der Waals surface area contributed by atoms with E-state index in [1.165, 1.54) is 6.42 Å². The summed E-state index contributed by atoms with van der Waals surface area (Å²) in [5, 5.41) is 3.14. The molecule has 94 valence electrons. The number of anilines is 1. The Morgan fingerprint density at radius 3 is 2.94 bits per heavy atom. The van der Waals surface area contributed by atoms with Crippen molar-refractivity contribution in [2.45, 2.75) is 19.0 Å². The topological polar surface area (TPSA) is 31.4 Å². The largest absolute Gasteiger partial charge is 0.355 e. The molecule has 0 bridgehead atoms. The highest BCUT2D eigenvalue weighted by Crippen LogP contribution is 2.20. The van der Waals surface area contributed by atoms with Gasteiger partial charge in [-0.1, -0.05) is 6.07 Å². The molecule has 1 aromatic rings. The molecule has 0 saturated carbocycles. The highest BCUT2D eigenvalue weighted by Gasteiger charge is 2.24. The lowest BCUT2D eigenvalue weighted by atomic mass is 10.2. The fourth-order valence-corrected chi connectivity index (χ4v) is 2.29. The fourth-order valence-electron chi connectivity index (χ4n) is 2.29. The Bertz CT molecular complexity index is 364. The average Bonchev–Trinajstić information content (AvgIpc) is 2.79. The van der Waals surface area contributed by atoms with Crippen LogP contribution < -0.4 is 10.2 Å². The minimum absolute atomic E-state index is 0.657. The van der Waals surface area contributed by atoms with Gasteiger partial charge < -0.3 is 15.1 Å². The van der Waals surface area contributed by atoms with Crippen molar-refractivity contribution < 1.29 is 0 Å². The molecule has 1 aliphatic heterocycles. The summed E-state index contributed by atoms with van der Waals surface area (Å²) in [6, 6.07) is 6.93. The van der Waals surface area contributed by atoms with Crippen LogP contribution in [0.3, 0.4) is 0 Å². The molecule has 1 N–H and O–H groups in total. The zero-order valence-corrected chi connectivity index (χ0v) is 11.0. The van der Waals surface area contributed by atoms with Gasteiger partial charge in [0.2, 0.25) is 0 Å². The first kappa shape index (κ1) is 12.3. The Morgan fingerprint density at radius 1 is 1.47 bits per heavy atom. The number of hydrogen-bond donors (Lipinski definition) is 1. The van der Waals surface area contributed by atoms with Gasteiger partial charge in [-0.2, -0.15) is 0 Å². The summed E-state index contributed by atoms with van der Waals surface area (Å²) in [7, 11) is 6.25. The normalized spacial score (nSPS) is 20.2. The monoisotopic (exact) mass is 234 g/mol. The molecule has 2 heterocycles. The summed E-state index contributed by atoms with van der Waals surface area (Å²) < 4.78 is 0. The second-order valence-corrected chi connectivity index (χ2v) is 4.87. The molecule has 0 aromatic carbocycles. The molecule has 4 heteroatoms. The Kier molecular flexibility index (Phi) is 3.97. The van der Waals surface area contributed by atoms with Crippen molar-refractivity contribution in [3.8, 4) is 0 Å². The maximum Gasteiger partial charge on any atom is 0.128 e. The molecule has 0 amide bonds. The predicted molar refractivity (Wildman–Crippen MR) is 71.3 cm³/mol. The van der Waals surface area contributed by atoms with Crippen LogP contribution in [-0.4, -0.2) is 50.2 Å². The standard InChI is InChI=1S/C13H22N4/c1-14-9-11-5-4-6-13(15-11)17-8-7-12(10-17)16(2)3/h4-6,12,14H,7-10H2,1-3H3. The number of nitrogens with one attached hydrogen (secondary N) is 1. The lowest BCUT2D eigenvalue weighted by Gasteiger charge is -2.21. The maximum atomic E-state index is 4.68. The molecule has 1 saturated heterocycles. The molecular weight excluding hydrogens is 212 g/mol. The third-order valence-corrected chi connectivity index (χ3v) is 3.37. The van der Waals surface area contributed by atoms with E-state index < -0.39 is 0 Å². The van der Waals surface area contributed by atoms with Gasteiger partial charge >= 0.3 is 0 Å². The molecule has 2 rings (SSSR count). The van der Waals surface area contributed by atoms with E-state index in [0.29, 0.717) is 6.04 Å². The highest BCUT2D eigenvalue weighted by molar-refractivity contribution is 5.40. The van der Waals surface area contributed by atoms with Crippen LogP contribution in [0.15, 0.2) is 18.2 Å². The number of rotatable bonds is 4. The molecule has 1 atom stereocenters. The molecule has 0 aliphatic carbocycles. The number of aromatic nitrogens is 1. The molecule has 1 unspecified atom stereocenters. The highest BCUT2D eigenvalue weighted by atomic mass is 15.3. The van der Waals surface area contributed by atoms with Gasteiger partial charge in [-0.15, -0.1) is 0 Å². The maximum absolute atomic E-state index is 4.68. The van der Waals surface area contributed by atoms with Crippen molar-refractivity contribution in [2.75, 3.05) is 39.1 Å². The van der Waals surface area contributed by atoms with Crippen LogP contribution in [0.5, 0.6) is 0 Å². The minimum atomic E-state index is 0.657. The van der Waals surface area contributed by atoms with Gasteiger partial charge in [0.15, 0.2) is 0 Å². The molecule has 0 radical (unpaired) electrons. The minimum Gasteiger partial charge on any atom is -0.355 e. The molecule has 4 nitrogen and oxygen atoms in total. The summed E-state index contributed by atoms with van der Waals surface area (Å²) >= 11 is 0. The molecule has 0 spiro atoms. The summed E-state index contributed by atoms with van der Waals surface area (Å²) in [4.78, 5) is 9.36. The van der Waals surface area contributed by atoms with Crippen LogP contribution in [0, 0.1) is 0 Å². The van der Waals surface area contributed by atoms with Gasteiger partial charge in [-0.3, -0.25) is 0 Å². The quantitative estimate of drug-likeness (QED) is 0.840. The van der Waals surface area contributed by atoms with Crippen molar-refractivity contribution in [1.82, 2.24) is 15.2 Å². The number of likely N-dealkylation sites (N-methyl/N-ethyl adjacent to an activating group) is 1. The Hall–Kier alpha value is -1.13.